The van der Waals surface area contributed by atoms with Crippen LogP contribution in [0.15, 0.2) is 18.3 Å². The van der Waals surface area contributed by atoms with Gasteiger partial charge in [-0.25, -0.2) is 13.4 Å². The van der Waals surface area contributed by atoms with Gasteiger partial charge in [-0.05, 0) is 26.0 Å². The lowest BCUT2D eigenvalue weighted by molar-refractivity contribution is 0.559. The molecular formula is C10H17N3O2S. The maximum atomic E-state index is 11.4. The van der Waals surface area contributed by atoms with Gasteiger partial charge < -0.3 is 11.1 Å². The summed E-state index contributed by atoms with van der Waals surface area (Å²) < 4.78 is 22.1. The van der Waals surface area contributed by atoms with E-state index in [0.717, 1.165) is 0 Å². The van der Waals surface area contributed by atoms with Crippen molar-refractivity contribution in [2.45, 2.75) is 18.6 Å². The quantitative estimate of drug-likeness (QED) is 0.820. The third-order valence-corrected chi connectivity index (χ3v) is 4.64. The number of sulfone groups is 1. The molecule has 16 heavy (non-hydrogen) atoms. The Bertz CT molecular complexity index is 451. The van der Waals surface area contributed by atoms with Gasteiger partial charge in [-0.15, -0.1) is 0 Å². The van der Waals surface area contributed by atoms with Crippen molar-refractivity contribution in [3.63, 3.8) is 0 Å². The zero-order valence-corrected chi connectivity index (χ0v) is 10.5. The van der Waals surface area contributed by atoms with Crippen LogP contribution in [0.25, 0.3) is 0 Å². The second-order valence-corrected chi connectivity index (χ2v) is 7.01. The van der Waals surface area contributed by atoms with E-state index in [1.165, 1.54) is 12.5 Å². The van der Waals surface area contributed by atoms with E-state index in [0.29, 0.717) is 18.1 Å². The van der Waals surface area contributed by atoms with E-state index in [2.05, 4.69) is 10.3 Å². The topological polar surface area (TPSA) is 85.1 Å². The zero-order chi connectivity index (χ0) is 12.4. The van der Waals surface area contributed by atoms with Crippen LogP contribution in [0.4, 0.5) is 11.5 Å². The summed E-state index contributed by atoms with van der Waals surface area (Å²) in [7, 11) is -3.10. The number of anilines is 2. The minimum absolute atomic E-state index is 0.308. The van der Waals surface area contributed by atoms with Gasteiger partial charge in [0.05, 0.1) is 16.6 Å². The Hall–Kier alpha value is -1.30. The van der Waals surface area contributed by atoms with Gasteiger partial charge in [0.2, 0.25) is 0 Å². The van der Waals surface area contributed by atoms with Gasteiger partial charge in [0.1, 0.15) is 5.82 Å². The molecule has 0 aromatic carbocycles. The predicted molar refractivity (Wildman–Crippen MR) is 66.1 cm³/mol. The van der Waals surface area contributed by atoms with Crippen LogP contribution >= 0.6 is 0 Å². The van der Waals surface area contributed by atoms with Crippen molar-refractivity contribution < 1.29 is 8.42 Å². The molecule has 1 aromatic heterocycles. The van der Waals surface area contributed by atoms with Crippen LogP contribution in [0.2, 0.25) is 0 Å². The Morgan fingerprint density at radius 3 is 2.50 bits per heavy atom. The third-order valence-electron chi connectivity index (χ3n) is 2.49. The first-order valence-corrected chi connectivity index (χ1v) is 6.76. The Labute approximate surface area is 96.0 Å². The molecule has 1 heterocycles. The number of aromatic nitrogens is 1. The molecule has 0 aliphatic carbocycles. The smallest absolute Gasteiger partial charge is 0.154 e. The Morgan fingerprint density at radius 1 is 1.44 bits per heavy atom. The first kappa shape index (κ1) is 12.8. The molecule has 0 unspecified atom stereocenters. The van der Waals surface area contributed by atoms with Crippen LogP contribution in [-0.4, -0.2) is 30.9 Å². The summed E-state index contributed by atoms with van der Waals surface area (Å²) in [5, 5.41) is 2.97. The number of rotatable bonds is 4. The van der Waals surface area contributed by atoms with Crippen molar-refractivity contribution in [1.82, 2.24) is 4.98 Å². The summed E-state index contributed by atoms with van der Waals surface area (Å²) in [6.07, 6.45) is 2.75. The second-order valence-electron chi connectivity index (χ2n) is 4.36. The maximum Gasteiger partial charge on any atom is 0.154 e. The molecule has 0 bridgehead atoms. The molecule has 3 N–H and O–H groups in total. The van der Waals surface area contributed by atoms with Gasteiger partial charge in [-0.1, -0.05) is 0 Å². The normalized spacial score (nSPS) is 12.4. The number of pyridine rings is 1. The molecule has 0 aliphatic heterocycles. The minimum Gasteiger partial charge on any atom is -0.397 e. The lowest BCUT2D eigenvalue weighted by Crippen LogP contribution is -2.38. The van der Waals surface area contributed by atoms with Crippen molar-refractivity contribution in [2.75, 3.05) is 23.9 Å². The molecule has 1 rings (SSSR count). The highest BCUT2D eigenvalue weighted by Crippen LogP contribution is 2.16. The van der Waals surface area contributed by atoms with E-state index in [1.807, 2.05) is 0 Å². The summed E-state index contributed by atoms with van der Waals surface area (Å²) in [4.78, 5) is 4.03. The molecule has 6 heteroatoms. The highest BCUT2D eigenvalue weighted by Gasteiger charge is 2.29. The van der Waals surface area contributed by atoms with Crippen molar-refractivity contribution in [3.05, 3.63) is 18.3 Å². The molecule has 0 aliphatic rings. The fourth-order valence-electron chi connectivity index (χ4n) is 0.944. The maximum absolute atomic E-state index is 11.4. The lowest BCUT2D eigenvalue weighted by atomic mass is 10.2. The summed E-state index contributed by atoms with van der Waals surface area (Å²) in [6, 6.07) is 3.43. The van der Waals surface area contributed by atoms with E-state index in [-0.39, 0.29) is 0 Å². The van der Waals surface area contributed by atoms with Crippen molar-refractivity contribution in [3.8, 4) is 0 Å². The minimum atomic E-state index is -3.10. The zero-order valence-electron chi connectivity index (χ0n) is 9.69. The summed E-state index contributed by atoms with van der Waals surface area (Å²) in [6.45, 7) is 3.65. The highest BCUT2D eigenvalue weighted by molar-refractivity contribution is 7.92. The SMILES string of the molecule is CC(C)(CNc1ccc(N)cn1)S(C)(=O)=O. The Balaban J connectivity index is 2.68. The molecule has 1 aromatic rings. The summed E-state index contributed by atoms with van der Waals surface area (Å²) >= 11 is 0. The summed E-state index contributed by atoms with van der Waals surface area (Å²) in [5.41, 5.74) is 6.07. The number of nitrogen functional groups attached to an aromatic ring is 1. The molecule has 0 saturated heterocycles. The summed E-state index contributed by atoms with van der Waals surface area (Å²) in [5.74, 6) is 0.617. The van der Waals surface area contributed by atoms with Crippen LogP contribution in [0.1, 0.15) is 13.8 Å². The molecule has 0 spiro atoms. The van der Waals surface area contributed by atoms with E-state index >= 15 is 0 Å². The molecular weight excluding hydrogens is 226 g/mol. The third kappa shape index (κ3) is 3.10. The highest BCUT2D eigenvalue weighted by atomic mass is 32.2. The lowest BCUT2D eigenvalue weighted by Gasteiger charge is -2.22. The van der Waals surface area contributed by atoms with E-state index in [9.17, 15) is 8.42 Å². The molecule has 0 saturated carbocycles. The first-order chi connectivity index (χ1) is 7.22. The van der Waals surface area contributed by atoms with Crippen molar-refractivity contribution in [2.24, 2.45) is 0 Å². The van der Waals surface area contributed by atoms with E-state index in [1.54, 1.807) is 26.0 Å². The van der Waals surface area contributed by atoms with Crippen molar-refractivity contribution >= 4 is 21.3 Å². The average molecular weight is 243 g/mol. The largest absolute Gasteiger partial charge is 0.397 e. The predicted octanol–water partition coefficient (Wildman–Crippen LogP) is 0.899. The van der Waals surface area contributed by atoms with Gasteiger partial charge in [-0.2, -0.15) is 0 Å². The first-order valence-electron chi connectivity index (χ1n) is 4.87. The van der Waals surface area contributed by atoms with Crippen molar-refractivity contribution in [1.29, 1.82) is 0 Å². The fourth-order valence-corrected chi connectivity index (χ4v) is 1.28. The average Bonchev–Trinajstić information content (AvgIpc) is 2.15. The van der Waals surface area contributed by atoms with Gasteiger partial charge in [0.25, 0.3) is 0 Å². The molecule has 0 radical (unpaired) electrons. The molecule has 0 amide bonds. The van der Waals surface area contributed by atoms with Crippen LogP contribution in [-0.2, 0) is 9.84 Å². The molecule has 0 fully saturated rings. The molecule has 90 valence electrons. The Morgan fingerprint density at radius 2 is 2.06 bits per heavy atom. The van der Waals surface area contributed by atoms with Crippen LogP contribution < -0.4 is 11.1 Å². The standard InChI is InChI=1S/C10H17N3O2S/c1-10(2,16(3,14)15)7-13-9-5-4-8(11)6-12-9/h4-6H,7,11H2,1-3H3,(H,12,13). The van der Waals surface area contributed by atoms with E-state index in [4.69, 9.17) is 5.73 Å². The number of hydrogen-bond donors (Lipinski definition) is 2. The second kappa shape index (κ2) is 4.29. The Kier molecular flexibility index (Phi) is 3.42. The number of nitrogens with one attached hydrogen (secondary N) is 1. The van der Waals surface area contributed by atoms with Gasteiger partial charge in [-0.3, -0.25) is 0 Å². The molecule has 0 atom stereocenters. The van der Waals surface area contributed by atoms with Crippen LogP contribution in [0, 0.1) is 0 Å². The monoisotopic (exact) mass is 243 g/mol. The number of nitrogens with zero attached hydrogens (tertiary/aromatic N) is 1. The number of hydrogen-bond acceptors (Lipinski definition) is 5. The van der Waals surface area contributed by atoms with Gasteiger partial charge >= 0.3 is 0 Å². The van der Waals surface area contributed by atoms with Crippen LogP contribution in [0.5, 0.6) is 0 Å². The van der Waals surface area contributed by atoms with Crippen LogP contribution in [0.3, 0.4) is 0 Å². The van der Waals surface area contributed by atoms with E-state index < -0.39 is 14.6 Å². The van der Waals surface area contributed by atoms with Gasteiger partial charge in [0, 0.05) is 12.8 Å². The fraction of sp³-hybridized carbons (Fsp3) is 0.500. The molecule has 5 nitrogen and oxygen atoms in total. The number of nitrogens with two attached hydrogens (primary N) is 1. The van der Waals surface area contributed by atoms with Gasteiger partial charge in [0.15, 0.2) is 9.84 Å².